The molecule has 0 radical (unpaired) electrons. The highest BCUT2D eigenvalue weighted by atomic mass is 35.5. The summed E-state index contributed by atoms with van der Waals surface area (Å²) in [4.78, 5) is 16.0. The number of hydrogen-bond donors (Lipinski definition) is 1. The van der Waals surface area contributed by atoms with Gasteiger partial charge in [0.2, 0.25) is 11.6 Å². The third kappa shape index (κ3) is 2.46. The van der Waals surface area contributed by atoms with Gasteiger partial charge in [-0.05, 0) is 29.5 Å². The van der Waals surface area contributed by atoms with Crippen LogP contribution in [0.3, 0.4) is 0 Å². The third-order valence-electron chi connectivity index (χ3n) is 2.75. The van der Waals surface area contributed by atoms with Crippen LogP contribution < -0.4 is 0 Å². The lowest BCUT2D eigenvalue weighted by atomic mass is 10.2. The number of tetrazole rings is 1. The standard InChI is InChI=1S/C13H10ClN5O/c14-10-5-2-1-4-9(10)13-16-18-19(17-13)8-12(20)11-6-3-7-15-11/h1-7,15H,8H2. The molecule has 0 bridgehead atoms. The van der Waals surface area contributed by atoms with E-state index in [4.69, 9.17) is 11.6 Å². The Morgan fingerprint density at radius 2 is 2.10 bits per heavy atom. The van der Waals surface area contributed by atoms with Crippen LogP contribution in [0.5, 0.6) is 0 Å². The fourth-order valence-electron chi connectivity index (χ4n) is 1.78. The average molecular weight is 288 g/mol. The van der Waals surface area contributed by atoms with E-state index in [1.807, 2.05) is 12.1 Å². The van der Waals surface area contributed by atoms with Crippen molar-refractivity contribution in [1.29, 1.82) is 0 Å². The Kier molecular flexibility index (Phi) is 3.30. The van der Waals surface area contributed by atoms with Gasteiger partial charge < -0.3 is 4.98 Å². The number of halogens is 1. The van der Waals surface area contributed by atoms with Gasteiger partial charge in [0.15, 0.2) is 0 Å². The van der Waals surface area contributed by atoms with Crippen LogP contribution in [0.25, 0.3) is 11.4 Å². The van der Waals surface area contributed by atoms with Crippen molar-refractivity contribution in [1.82, 2.24) is 25.2 Å². The maximum absolute atomic E-state index is 11.9. The number of hydrogen-bond acceptors (Lipinski definition) is 4. The molecule has 0 saturated carbocycles. The lowest BCUT2D eigenvalue weighted by Crippen LogP contribution is -2.13. The maximum Gasteiger partial charge on any atom is 0.206 e. The minimum Gasteiger partial charge on any atom is -0.359 e. The second kappa shape index (κ2) is 5.26. The van der Waals surface area contributed by atoms with Gasteiger partial charge in [-0.2, -0.15) is 4.80 Å². The molecule has 0 aliphatic carbocycles. The van der Waals surface area contributed by atoms with Crippen LogP contribution in [-0.4, -0.2) is 31.0 Å². The zero-order valence-electron chi connectivity index (χ0n) is 10.3. The highest BCUT2D eigenvalue weighted by Gasteiger charge is 2.12. The summed E-state index contributed by atoms with van der Waals surface area (Å²) in [5.41, 5.74) is 1.20. The molecule has 2 aromatic heterocycles. The number of nitrogens with zero attached hydrogens (tertiary/aromatic N) is 4. The van der Waals surface area contributed by atoms with Crippen LogP contribution in [0.4, 0.5) is 0 Å². The lowest BCUT2D eigenvalue weighted by molar-refractivity contribution is 0.0957. The molecule has 1 N–H and O–H groups in total. The van der Waals surface area contributed by atoms with Gasteiger partial charge in [0, 0.05) is 11.8 Å². The molecule has 0 aliphatic rings. The van der Waals surface area contributed by atoms with Gasteiger partial charge in [-0.3, -0.25) is 4.79 Å². The van der Waals surface area contributed by atoms with Crippen LogP contribution in [0.15, 0.2) is 42.6 Å². The summed E-state index contributed by atoms with van der Waals surface area (Å²) in [5.74, 6) is 0.285. The van der Waals surface area contributed by atoms with Gasteiger partial charge in [-0.15, -0.1) is 10.2 Å². The van der Waals surface area contributed by atoms with Crippen molar-refractivity contribution in [2.75, 3.05) is 0 Å². The molecule has 6 nitrogen and oxygen atoms in total. The Balaban J connectivity index is 1.81. The van der Waals surface area contributed by atoms with E-state index in [2.05, 4.69) is 20.4 Å². The van der Waals surface area contributed by atoms with Crippen LogP contribution in [0.2, 0.25) is 5.02 Å². The number of rotatable bonds is 4. The van der Waals surface area contributed by atoms with Gasteiger partial charge in [0.25, 0.3) is 0 Å². The van der Waals surface area contributed by atoms with E-state index < -0.39 is 0 Å². The fraction of sp³-hybridized carbons (Fsp3) is 0.0769. The van der Waals surface area contributed by atoms with E-state index in [9.17, 15) is 4.79 Å². The fourth-order valence-corrected chi connectivity index (χ4v) is 2.00. The molecule has 1 aromatic carbocycles. The van der Waals surface area contributed by atoms with Gasteiger partial charge in [0.1, 0.15) is 6.54 Å². The van der Waals surface area contributed by atoms with E-state index in [0.717, 1.165) is 0 Å². The number of Topliss-reactive ketones (excluding diaryl/α,β-unsaturated/α-hetero) is 1. The smallest absolute Gasteiger partial charge is 0.206 e. The maximum atomic E-state index is 11.9. The van der Waals surface area contributed by atoms with Crippen molar-refractivity contribution in [2.45, 2.75) is 6.54 Å². The first-order valence-electron chi connectivity index (χ1n) is 5.93. The Bertz CT molecular complexity index is 735. The largest absolute Gasteiger partial charge is 0.359 e. The Morgan fingerprint density at radius 3 is 2.85 bits per heavy atom. The zero-order valence-corrected chi connectivity index (χ0v) is 11.1. The van der Waals surface area contributed by atoms with Gasteiger partial charge >= 0.3 is 0 Å². The summed E-state index contributed by atoms with van der Waals surface area (Å²) < 4.78 is 0. The summed E-state index contributed by atoms with van der Waals surface area (Å²) in [6.45, 7) is 0.0258. The minimum atomic E-state index is -0.113. The first-order chi connectivity index (χ1) is 9.74. The molecule has 0 spiro atoms. The molecular weight excluding hydrogens is 278 g/mol. The number of aromatic amines is 1. The quantitative estimate of drug-likeness (QED) is 0.746. The highest BCUT2D eigenvalue weighted by Crippen LogP contribution is 2.23. The van der Waals surface area contributed by atoms with Crippen molar-refractivity contribution in [2.24, 2.45) is 0 Å². The second-order valence-corrected chi connectivity index (χ2v) is 4.54. The molecule has 3 rings (SSSR count). The van der Waals surface area contributed by atoms with Crippen molar-refractivity contribution in [3.05, 3.63) is 53.3 Å². The zero-order chi connectivity index (χ0) is 13.9. The van der Waals surface area contributed by atoms with Gasteiger partial charge in [0.05, 0.1) is 10.7 Å². The van der Waals surface area contributed by atoms with Crippen molar-refractivity contribution < 1.29 is 4.79 Å². The summed E-state index contributed by atoms with van der Waals surface area (Å²) in [6.07, 6.45) is 1.69. The summed E-state index contributed by atoms with van der Waals surface area (Å²) in [6, 6.07) is 10.7. The SMILES string of the molecule is O=C(Cn1nnc(-c2ccccc2Cl)n1)c1ccc[nH]1. The molecule has 0 saturated heterocycles. The number of carbonyl (C=O) groups is 1. The number of benzene rings is 1. The van der Waals surface area contributed by atoms with Crippen LogP contribution in [-0.2, 0) is 6.54 Å². The van der Waals surface area contributed by atoms with Gasteiger partial charge in [-0.1, -0.05) is 23.7 Å². The molecule has 0 atom stereocenters. The van der Waals surface area contributed by atoms with Crippen LogP contribution in [0.1, 0.15) is 10.5 Å². The molecule has 20 heavy (non-hydrogen) atoms. The molecule has 2 heterocycles. The van der Waals surface area contributed by atoms with E-state index in [0.29, 0.717) is 22.1 Å². The normalized spacial score (nSPS) is 10.7. The predicted octanol–water partition coefficient (Wildman–Crippen LogP) is 2.20. The number of H-pyrrole nitrogens is 1. The monoisotopic (exact) mass is 287 g/mol. The van der Waals surface area contributed by atoms with Crippen molar-refractivity contribution >= 4 is 17.4 Å². The van der Waals surface area contributed by atoms with Crippen molar-refractivity contribution in [3.63, 3.8) is 0 Å². The molecule has 0 unspecified atom stereocenters. The molecule has 3 aromatic rings. The summed E-state index contributed by atoms with van der Waals surface area (Å²) >= 11 is 6.07. The molecule has 100 valence electrons. The Hall–Kier alpha value is -2.47. The minimum absolute atomic E-state index is 0.0258. The molecule has 0 fully saturated rings. The Labute approximate surface area is 119 Å². The number of ketones is 1. The van der Waals surface area contributed by atoms with E-state index in [1.54, 1.807) is 30.5 Å². The molecule has 0 amide bonds. The van der Waals surface area contributed by atoms with Crippen molar-refractivity contribution in [3.8, 4) is 11.4 Å². The molecular formula is C13H10ClN5O. The third-order valence-corrected chi connectivity index (χ3v) is 3.08. The summed E-state index contributed by atoms with van der Waals surface area (Å²) in [7, 11) is 0. The number of aromatic nitrogens is 5. The second-order valence-electron chi connectivity index (χ2n) is 4.13. The number of carbonyl (C=O) groups excluding carboxylic acids is 1. The highest BCUT2D eigenvalue weighted by molar-refractivity contribution is 6.33. The molecule has 7 heteroatoms. The first kappa shape index (κ1) is 12.6. The topological polar surface area (TPSA) is 76.5 Å². The Morgan fingerprint density at radius 1 is 1.25 bits per heavy atom. The number of nitrogens with one attached hydrogen (secondary N) is 1. The van der Waals surface area contributed by atoms with E-state index in [1.165, 1.54) is 4.80 Å². The lowest BCUT2D eigenvalue weighted by Gasteiger charge is -1.97. The summed E-state index contributed by atoms with van der Waals surface area (Å²) in [5, 5.41) is 12.5. The first-order valence-corrected chi connectivity index (χ1v) is 6.31. The van der Waals surface area contributed by atoms with E-state index >= 15 is 0 Å². The molecule has 0 aliphatic heterocycles. The average Bonchev–Trinajstić information content (AvgIpc) is 3.10. The van der Waals surface area contributed by atoms with Crippen LogP contribution in [0, 0.1) is 0 Å². The van der Waals surface area contributed by atoms with Crippen LogP contribution >= 0.6 is 11.6 Å². The van der Waals surface area contributed by atoms with E-state index in [-0.39, 0.29) is 12.3 Å². The van der Waals surface area contributed by atoms with Gasteiger partial charge in [-0.25, -0.2) is 0 Å². The predicted molar refractivity (Wildman–Crippen MR) is 73.4 cm³/mol.